The molecule has 0 saturated heterocycles. The second kappa shape index (κ2) is 6.59. The SMILES string of the molecule is O=P(Oc1ccccc1)(Oc1ccccc1)c1ccccc1O. The van der Waals surface area contributed by atoms with Crippen LogP contribution in [0.15, 0.2) is 84.9 Å². The van der Waals surface area contributed by atoms with Gasteiger partial charge in [-0.2, -0.15) is 0 Å². The largest absolute Gasteiger partial charge is 0.507 e. The third kappa shape index (κ3) is 3.55. The highest BCUT2D eigenvalue weighted by Gasteiger charge is 2.34. The predicted octanol–water partition coefficient (Wildman–Crippen LogP) is 4.37. The molecule has 0 fully saturated rings. The second-order valence-electron chi connectivity index (χ2n) is 4.79. The van der Waals surface area contributed by atoms with E-state index in [2.05, 4.69) is 0 Å². The number of phenolic OH excluding ortho intramolecular Hbond substituents is 1. The maximum atomic E-state index is 13.4. The number of aromatic hydroxyl groups is 1. The average molecular weight is 326 g/mol. The molecule has 3 aromatic rings. The summed E-state index contributed by atoms with van der Waals surface area (Å²) in [5, 5.41) is 10.2. The van der Waals surface area contributed by atoms with Crippen molar-refractivity contribution in [2.45, 2.75) is 0 Å². The highest BCUT2D eigenvalue weighted by Crippen LogP contribution is 2.49. The summed E-state index contributed by atoms with van der Waals surface area (Å²) < 4.78 is 24.7. The van der Waals surface area contributed by atoms with Crippen LogP contribution in [0.4, 0.5) is 0 Å². The highest BCUT2D eigenvalue weighted by molar-refractivity contribution is 7.63. The normalized spacial score (nSPS) is 11.0. The van der Waals surface area contributed by atoms with Crippen molar-refractivity contribution < 1.29 is 18.7 Å². The third-order valence-corrected chi connectivity index (χ3v) is 4.98. The highest BCUT2D eigenvalue weighted by atomic mass is 31.2. The van der Waals surface area contributed by atoms with Gasteiger partial charge in [-0.25, -0.2) is 4.57 Å². The Morgan fingerprint density at radius 3 is 1.57 bits per heavy atom. The van der Waals surface area contributed by atoms with E-state index in [-0.39, 0.29) is 11.1 Å². The van der Waals surface area contributed by atoms with Crippen LogP contribution in [0.5, 0.6) is 17.2 Å². The van der Waals surface area contributed by atoms with Gasteiger partial charge >= 0.3 is 7.60 Å². The van der Waals surface area contributed by atoms with Gasteiger partial charge in [0.25, 0.3) is 0 Å². The van der Waals surface area contributed by atoms with Crippen LogP contribution in [0.3, 0.4) is 0 Å². The molecule has 0 aliphatic carbocycles. The quantitative estimate of drug-likeness (QED) is 0.708. The molecule has 0 atom stereocenters. The zero-order valence-electron chi connectivity index (χ0n) is 12.2. The lowest BCUT2D eigenvalue weighted by atomic mass is 10.3. The van der Waals surface area contributed by atoms with E-state index in [1.165, 1.54) is 12.1 Å². The molecule has 5 heteroatoms. The molecule has 1 N–H and O–H groups in total. The summed E-state index contributed by atoms with van der Waals surface area (Å²) in [5.41, 5.74) is 0. The maximum absolute atomic E-state index is 13.4. The standard InChI is InChI=1S/C18H15O4P/c19-17-13-7-8-14-18(17)23(20,21-15-9-3-1-4-10-15)22-16-11-5-2-6-12-16/h1-14,19H. The summed E-state index contributed by atoms with van der Waals surface area (Å²) in [5.74, 6) is 0.660. The fourth-order valence-corrected chi connectivity index (χ4v) is 3.71. The van der Waals surface area contributed by atoms with Gasteiger partial charge in [0.1, 0.15) is 22.6 Å². The van der Waals surface area contributed by atoms with Crippen molar-refractivity contribution in [2.24, 2.45) is 0 Å². The van der Waals surface area contributed by atoms with E-state index in [1.54, 1.807) is 60.7 Å². The van der Waals surface area contributed by atoms with Gasteiger partial charge in [0.05, 0.1) is 0 Å². The Labute approximate surface area is 134 Å². The van der Waals surface area contributed by atoms with E-state index in [1.807, 2.05) is 12.1 Å². The van der Waals surface area contributed by atoms with Crippen molar-refractivity contribution in [3.8, 4) is 17.2 Å². The van der Waals surface area contributed by atoms with Gasteiger partial charge < -0.3 is 14.2 Å². The van der Waals surface area contributed by atoms with Crippen molar-refractivity contribution in [1.29, 1.82) is 0 Å². The minimum Gasteiger partial charge on any atom is -0.507 e. The molecular weight excluding hydrogens is 311 g/mol. The van der Waals surface area contributed by atoms with E-state index in [4.69, 9.17) is 9.05 Å². The first-order valence-electron chi connectivity index (χ1n) is 7.05. The van der Waals surface area contributed by atoms with E-state index < -0.39 is 7.60 Å². The number of rotatable bonds is 5. The van der Waals surface area contributed by atoms with Crippen molar-refractivity contribution in [1.82, 2.24) is 0 Å². The van der Waals surface area contributed by atoms with Gasteiger partial charge in [0.2, 0.25) is 0 Å². The Balaban J connectivity index is 2.02. The first-order valence-corrected chi connectivity index (χ1v) is 8.59. The molecule has 0 spiro atoms. The van der Waals surface area contributed by atoms with Gasteiger partial charge in [0.15, 0.2) is 0 Å². The third-order valence-electron chi connectivity index (χ3n) is 3.11. The number of benzene rings is 3. The van der Waals surface area contributed by atoms with Gasteiger partial charge in [-0.1, -0.05) is 48.5 Å². The minimum absolute atomic E-state index is 0.118. The van der Waals surface area contributed by atoms with Crippen LogP contribution in [0.1, 0.15) is 0 Å². The maximum Gasteiger partial charge on any atom is 0.466 e. The Bertz CT molecular complexity index is 773. The average Bonchev–Trinajstić information content (AvgIpc) is 2.57. The lowest BCUT2D eigenvalue weighted by Crippen LogP contribution is -2.15. The molecule has 0 heterocycles. The van der Waals surface area contributed by atoms with Crippen LogP contribution >= 0.6 is 7.60 Å². The van der Waals surface area contributed by atoms with E-state index >= 15 is 0 Å². The molecule has 0 aliphatic heterocycles. The summed E-state index contributed by atoms with van der Waals surface area (Å²) >= 11 is 0. The molecule has 3 rings (SSSR count). The van der Waals surface area contributed by atoms with E-state index in [0.717, 1.165) is 0 Å². The van der Waals surface area contributed by atoms with Crippen LogP contribution in [0.2, 0.25) is 0 Å². The Hall–Kier alpha value is -2.71. The fraction of sp³-hybridized carbons (Fsp3) is 0. The topological polar surface area (TPSA) is 55.8 Å². The predicted molar refractivity (Wildman–Crippen MR) is 89.5 cm³/mol. The van der Waals surface area contributed by atoms with Crippen molar-refractivity contribution in [2.75, 3.05) is 0 Å². The Kier molecular flexibility index (Phi) is 4.35. The molecule has 23 heavy (non-hydrogen) atoms. The summed E-state index contributed by atoms with van der Waals surface area (Å²) in [6, 6.07) is 23.8. The van der Waals surface area contributed by atoms with Crippen LogP contribution in [-0.4, -0.2) is 5.11 Å². The van der Waals surface area contributed by atoms with Crippen molar-refractivity contribution in [3.05, 3.63) is 84.9 Å². The number of phenols is 1. The molecule has 4 nitrogen and oxygen atoms in total. The monoisotopic (exact) mass is 326 g/mol. The van der Waals surface area contributed by atoms with Crippen molar-refractivity contribution >= 4 is 12.9 Å². The Morgan fingerprint density at radius 2 is 1.09 bits per heavy atom. The first-order chi connectivity index (χ1) is 11.2. The lowest BCUT2D eigenvalue weighted by Gasteiger charge is -2.20. The second-order valence-corrected chi connectivity index (χ2v) is 6.64. The molecule has 0 radical (unpaired) electrons. The number of hydrogen-bond donors (Lipinski definition) is 1. The van der Waals surface area contributed by atoms with Gasteiger partial charge in [-0.15, -0.1) is 0 Å². The molecule has 0 unspecified atom stereocenters. The minimum atomic E-state index is -3.80. The first kappa shape index (κ1) is 15.2. The molecular formula is C18H15O4P. The number of hydrogen-bond acceptors (Lipinski definition) is 4. The Morgan fingerprint density at radius 1 is 0.652 bits per heavy atom. The lowest BCUT2D eigenvalue weighted by molar-refractivity contribution is 0.396. The molecule has 0 aromatic heterocycles. The van der Waals surface area contributed by atoms with Gasteiger partial charge in [-0.05, 0) is 36.4 Å². The molecule has 3 aromatic carbocycles. The van der Waals surface area contributed by atoms with Crippen LogP contribution in [0.25, 0.3) is 0 Å². The summed E-state index contributed by atoms with van der Waals surface area (Å²) in [7, 11) is -3.80. The van der Waals surface area contributed by atoms with Crippen molar-refractivity contribution in [3.63, 3.8) is 0 Å². The molecule has 116 valence electrons. The zero-order chi connectivity index (χ0) is 16.1. The van der Waals surface area contributed by atoms with E-state index in [0.29, 0.717) is 11.5 Å². The van der Waals surface area contributed by atoms with Crippen LogP contribution in [0, 0.1) is 0 Å². The molecule has 0 bridgehead atoms. The smallest absolute Gasteiger partial charge is 0.466 e. The molecule has 0 amide bonds. The molecule has 0 aliphatic rings. The van der Waals surface area contributed by atoms with Crippen LogP contribution in [-0.2, 0) is 4.57 Å². The summed E-state index contributed by atoms with van der Waals surface area (Å²) in [6.07, 6.45) is 0. The summed E-state index contributed by atoms with van der Waals surface area (Å²) in [4.78, 5) is 0. The number of para-hydroxylation sites is 3. The zero-order valence-corrected chi connectivity index (χ0v) is 13.1. The van der Waals surface area contributed by atoms with Crippen LogP contribution < -0.4 is 14.4 Å². The van der Waals surface area contributed by atoms with E-state index in [9.17, 15) is 9.67 Å². The summed E-state index contributed by atoms with van der Waals surface area (Å²) in [6.45, 7) is 0. The molecule has 0 saturated carbocycles. The fourth-order valence-electron chi connectivity index (χ4n) is 2.05. The van der Waals surface area contributed by atoms with Gasteiger partial charge in [-0.3, -0.25) is 0 Å². The van der Waals surface area contributed by atoms with Gasteiger partial charge in [0, 0.05) is 0 Å².